The second kappa shape index (κ2) is 6.71. The van der Waals surface area contributed by atoms with Gasteiger partial charge in [-0.25, -0.2) is 0 Å². The number of amides is 1. The number of ether oxygens (including phenoxy) is 2. The summed E-state index contributed by atoms with van der Waals surface area (Å²) in [6.45, 7) is 2.82. The van der Waals surface area contributed by atoms with Gasteiger partial charge in [0.2, 0.25) is 5.91 Å². The Kier molecular flexibility index (Phi) is 5.19. The van der Waals surface area contributed by atoms with Crippen molar-refractivity contribution in [1.82, 2.24) is 5.32 Å². The summed E-state index contributed by atoms with van der Waals surface area (Å²) in [5, 5.41) is 2.74. The van der Waals surface area contributed by atoms with Gasteiger partial charge in [0.15, 0.2) is 0 Å². The zero-order chi connectivity index (χ0) is 11.8. The lowest BCUT2D eigenvalue weighted by molar-refractivity contribution is -0.120. The number of carbonyl (C=O) groups excluding carboxylic acids is 1. The van der Waals surface area contributed by atoms with Crippen molar-refractivity contribution >= 4 is 5.91 Å². The maximum absolute atomic E-state index is 10.9. The van der Waals surface area contributed by atoms with E-state index in [4.69, 9.17) is 9.47 Å². The third-order valence-electron chi connectivity index (χ3n) is 2.07. The predicted molar refractivity (Wildman–Crippen MR) is 61.8 cm³/mol. The minimum absolute atomic E-state index is 0.0401. The first kappa shape index (κ1) is 12.4. The Morgan fingerprint density at radius 2 is 1.88 bits per heavy atom. The first-order chi connectivity index (χ1) is 7.76. The van der Waals surface area contributed by atoms with Gasteiger partial charge in [-0.15, -0.1) is 0 Å². The lowest BCUT2D eigenvalue weighted by Gasteiger charge is -2.07. The molecule has 1 N–H and O–H groups in total. The average Bonchev–Trinajstić information content (AvgIpc) is 2.35. The molecule has 16 heavy (non-hydrogen) atoms. The molecule has 0 bridgehead atoms. The van der Waals surface area contributed by atoms with Crippen molar-refractivity contribution in [3.05, 3.63) is 24.3 Å². The van der Waals surface area contributed by atoms with Gasteiger partial charge in [0, 0.05) is 6.42 Å². The lowest BCUT2D eigenvalue weighted by Crippen LogP contribution is -2.27. The van der Waals surface area contributed by atoms with E-state index in [0.29, 0.717) is 19.6 Å². The summed E-state index contributed by atoms with van der Waals surface area (Å²) in [6.07, 6.45) is 0.503. The van der Waals surface area contributed by atoms with E-state index in [1.54, 1.807) is 7.11 Å². The van der Waals surface area contributed by atoms with Crippen LogP contribution in [-0.2, 0) is 4.79 Å². The second-order valence-corrected chi connectivity index (χ2v) is 3.23. The highest BCUT2D eigenvalue weighted by molar-refractivity contribution is 5.75. The molecule has 0 aliphatic heterocycles. The normalized spacial score (nSPS) is 9.62. The lowest BCUT2D eigenvalue weighted by atomic mass is 10.3. The van der Waals surface area contributed by atoms with Crippen molar-refractivity contribution in [1.29, 1.82) is 0 Å². The summed E-state index contributed by atoms with van der Waals surface area (Å²) >= 11 is 0. The Morgan fingerprint density at radius 1 is 1.25 bits per heavy atom. The van der Waals surface area contributed by atoms with Crippen LogP contribution in [-0.4, -0.2) is 26.2 Å². The van der Waals surface area contributed by atoms with E-state index in [0.717, 1.165) is 11.5 Å². The first-order valence-electron chi connectivity index (χ1n) is 5.29. The molecular weight excluding hydrogens is 206 g/mol. The topological polar surface area (TPSA) is 47.6 Å². The van der Waals surface area contributed by atoms with Crippen LogP contribution in [0.2, 0.25) is 0 Å². The van der Waals surface area contributed by atoms with Gasteiger partial charge >= 0.3 is 0 Å². The highest BCUT2D eigenvalue weighted by atomic mass is 16.5. The average molecular weight is 223 g/mol. The molecule has 4 heteroatoms. The predicted octanol–water partition coefficient (Wildman–Crippen LogP) is 1.60. The van der Waals surface area contributed by atoms with Gasteiger partial charge < -0.3 is 14.8 Å². The molecule has 1 amide bonds. The Hall–Kier alpha value is -1.71. The molecule has 4 nitrogen and oxygen atoms in total. The number of methoxy groups -OCH3 is 1. The van der Waals surface area contributed by atoms with Gasteiger partial charge in [-0.05, 0) is 24.3 Å². The Morgan fingerprint density at radius 3 is 2.44 bits per heavy atom. The third kappa shape index (κ3) is 4.21. The van der Waals surface area contributed by atoms with Crippen LogP contribution >= 0.6 is 0 Å². The molecular formula is C12H17NO3. The van der Waals surface area contributed by atoms with Crippen LogP contribution in [0, 0.1) is 0 Å². The van der Waals surface area contributed by atoms with Gasteiger partial charge in [-0.3, -0.25) is 4.79 Å². The van der Waals surface area contributed by atoms with Crippen LogP contribution in [0.3, 0.4) is 0 Å². The number of benzene rings is 1. The fraction of sp³-hybridized carbons (Fsp3) is 0.417. The van der Waals surface area contributed by atoms with Gasteiger partial charge in [-0.1, -0.05) is 6.92 Å². The van der Waals surface area contributed by atoms with Crippen LogP contribution < -0.4 is 14.8 Å². The third-order valence-corrected chi connectivity index (χ3v) is 2.07. The number of carbonyl (C=O) groups is 1. The largest absolute Gasteiger partial charge is 0.497 e. The Balaban J connectivity index is 2.24. The Bertz CT molecular complexity index is 322. The fourth-order valence-corrected chi connectivity index (χ4v) is 1.16. The van der Waals surface area contributed by atoms with E-state index in [1.165, 1.54) is 0 Å². The molecule has 1 aromatic carbocycles. The number of hydrogen-bond acceptors (Lipinski definition) is 3. The molecule has 0 unspecified atom stereocenters. The molecule has 0 aliphatic rings. The van der Waals surface area contributed by atoms with Gasteiger partial charge in [0.25, 0.3) is 0 Å². The standard InChI is InChI=1S/C12H17NO3/c1-3-12(14)13-8-9-16-11-6-4-10(15-2)5-7-11/h4-7H,3,8-9H2,1-2H3,(H,13,14). The summed E-state index contributed by atoms with van der Waals surface area (Å²) in [7, 11) is 1.62. The van der Waals surface area contributed by atoms with Crippen molar-refractivity contribution in [3.63, 3.8) is 0 Å². The summed E-state index contributed by atoms with van der Waals surface area (Å²) in [5.74, 6) is 1.61. The molecule has 0 heterocycles. The number of hydrogen-bond donors (Lipinski definition) is 1. The summed E-state index contributed by atoms with van der Waals surface area (Å²) in [6, 6.07) is 7.33. The van der Waals surface area contributed by atoms with Crippen LogP contribution in [0.5, 0.6) is 11.5 Å². The Labute approximate surface area is 95.6 Å². The molecule has 1 rings (SSSR count). The molecule has 88 valence electrons. The molecule has 0 atom stereocenters. The molecule has 0 aliphatic carbocycles. The highest BCUT2D eigenvalue weighted by Gasteiger charge is 1.97. The van der Waals surface area contributed by atoms with E-state index < -0.39 is 0 Å². The summed E-state index contributed by atoms with van der Waals surface area (Å²) < 4.78 is 10.5. The van der Waals surface area contributed by atoms with Crippen molar-refractivity contribution in [3.8, 4) is 11.5 Å². The van der Waals surface area contributed by atoms with Crippen LogP contribution in [0.4, 0.5) is 0 Å². The van der Waals surface area contributed by atoms with E-state index >= 15 is 0 Å². The van der Waals surface area contributed by atoms with E-state index in [2.05, 4.69) is 5.32 Å². The number of nitrogens with one attached hydrogen (secondary N) is 1. The quantitative estimate of drug-likeness (QED) is 0.745. The zero-order valence-corrected chi connectivity index (χ0v) is 9.66. The highest BCUT2D eigenvalue weighted by Crippen LogP contribution is 2.16. The van der Waals surface area contributed by atoms with Crippen LogP contribution in [0.25, 0.3) is 0 Å². The van der Waals surface area contributed by atoms with Crippen LogP contribution in [0.1, 0.15) is 13.3 Å². The summed E-state index contributed by atoms with van der Waals surface area (Å²) in [5.41, 5.74) is 0. The van der Waals surface area contributed by atoms with E-state index in [-0.39, 0.29) is 5.91 Å². The monoisotopic (exact) mass is 223 g/mol. The zero-order valence-electron chi connectivity index (χ0n) is 9.66. The summed E-state index contributed by atoms with van der Waals surface area (Å²) in [4.78, 5) is 10.9. The molecule has 0 fully saturated rings. The van der Waals surface area contributed by atoms with E-state index in [9.17, 15) is 4.79 Å². The van der Waals surface area contributed by atoms with Crippen molar-refractivity contribution < 1.29 is 14.3 Å². The molecule has 0 aromatic heterocycles. The molecule has 1 aromatic rings. The minimum Gasteiger partial charge on any atom is -0.497 e. The van der Waals surface area contributed by atoms with E-state index in [1.807, 2.05) is 31.2 Å². The molecule has 0 saturated carbocycles. The molecule has 0 radical (unpaired) electrons. The van der Waals surface area contributed by atoms with Crippen molar-refractivity contribution in [2.45, 2.75) is 13.3 Å². The maximum Gasteiger partial charge on any atom is 0.219 e. The SMILES string of the molecule is CCC(=O)NCCOc1ccc(OC)cc1. The van der Waals surface area contributed by atoms with Crippen molar-refractivity contribution in [2.75, 3.05) is 20.3 Å². The van der Waals surface area contributed by atoms with Gasteiger partial charge in [-0.2, -0.15) is 0 Å². The van der Waals surface area contributed by atoms with Gasteiger partial charge in [0.05, 0.1) is 13.7 Å². The molecule has 0 saturated heterocycles. The second-order valence-electron chi connectivity index (χ2n) is 3.23. The minimum atomic E-state index is 0.0401. The maximum atomic E-state index is 10.9. The van der Waals surface area contributed by atoms with Crippen molar-refractivity contribution in [2.24, 2.45) is 0 Å². The van der Waals surface area contributed by atoms with Crippen LogP contribution in [0.15, 0.2) is 24.3 Å². The number of rotatable bonds is 6. The van der Waals surface area contributed by atoms with Gasteiger partial charge in [0.1, 0.15) is 18.1 Å². The first-order valence-corrected chi connectivity index (χ1v) is 5.29. The fourth-order valence-electron chi connectivity index (χ4n) is 1.16. The smallest absolute Gasteiger partial charge is 0.219 e. The molecule has 0 spiro atoms.